The summed E-state index contributed by atoms with van der Waals surface area (Å²) in [6, 6.07) is 14.1. The molecule has 1 heterocycles. The summed E-state index contributed by atoms with van der Waals surface area (Å²) in [6.45, 7) is -0.235. The molecule has 1 fully saturated rings. The first-order valence-electron chi connectivity index (χ1n) is 8.03. The third-order valence-electron chi connectivity index (χ3n) is 4.91. The van der Waals surface area contributed by atoms with Crippen molar-refractivity contribution in [3.63, 3.8) is 0 Å². The Morgan fingerprint density at radius 3 is 2.58 bits per heavy atom. The van der Waals surface area contributed by atoms with Gasteiger partial charge in [0.05, 0.1) is 23.0 Å². The summed E-state index contributed by atoms with van der Waals surface area (Å²) in [5.74, 6) is -3.74. The van der Waals surface area contributed by atoms with Crippen molar-refractivity contribution in [3.8, 4) is 17.2 Å². The minimum absolute atomic E-state index is 0.235. The molecule has 1 aliphatic heterocycles. The maximum atomic E-state index is 13.3. The van der Waals surface area contributed by atoms with Gasteiger partial charge in [0.1, 0.15) is 0 Å². The van der Waals surface area contributed by atoms with E-state index < -0.39 is 22.0 Å². The molecule has 4 rings (SSSR count). The van der Waals surface area contributed by atoms with E-state index in [-0.39, 0.29) is 13.0 Å². The van der Waals surface area contributed by atoms with Crippen molar-refractivity contribution in [3.05, 3.63) is 48.0 Å². The fraction of sp³-hybridized carbons (Fsp3) is 0.278. The van der Waals surface area contributed by atoms with Gasteiger partial charge in [0, 0.05) is 25.9 Å². The van der Waals surface area contributed by atoms with Gasteiger partial charge < -0.3 is 0 Å². The Bertz CT molecular complexity index is 1050. The van der Waals surface area contributed by atoms with Crippen LogP contribution >= 0.6 is 0 Å². The summed E-state index contributed by atoms with van der Waals surface area (Å²) in [4.78, 5) is 0. The molecule has 0 bridgehead atoms. The van der Waals surface area contributed by atoms with E-state index in [4.69, 9.17) is 0 Å². The van der Waals surface area contributed by atoms with Gasteiger partial charge in [-0.3, -0.25) is 8.61 Å². The van der Waals surface area contributed by atoms with Gasteiger partial charge >= 0.3 is 10.2 Å². The van der Waals surface area contributed by atoms with Crippen LogP contribution in [0, 0.1) is 17.2 Å². The van der Waals surface area contributed by atoms with Crippen LogP contribution < -0.4 is 8.61 Å². The molecule has 0 aromatic heterocycles. The van der Waals surface area contributed by atoms with Crippen molar-refractivity contribution in [1.29, 1.82) is 5.26 Å². The Morgan fingerprint density at radius 2 is 1.92 bits per heavy atom. The quantitative estimate of drug-likeness (QED) is 0.826. The van der Waals surface area contributed by atoms with Gasteiger partial charge in [-0.1, -0.05) is 24.3 Å². The van der Waals surface area contributed by atoms with Gasteiger partial charge in [-0.25, -0.2) is 8.78 Å². The van der Waals surface area contributed by atoms with Gasteiger partial charge in [0.25, 0.3) is 5.92 Å². The Kier molecular flexibility index (Phi) is 3.50. The summed E-state index contributed by atoms with van der Waals surface area (Å²) in [5.41, 5.74) is 2.66. The number of rotatable bonds is 3. The molecule has 5 nitrogen and oxygen atoms in total. The first-order valence-corrected chi connectivity index (χ1v) is 9.43. The molecule has 1 unspecified atom stereocenters. The Hall–Kier alpha value is -2.66. The van der Waals surface area contributed by atoms with Crippen molar-refractivity contribution in [2.75, 3.05) is 22.2 Å². The normalized spacial score (nSPS) is 22.0. The Balaban J connectivity index is 1.77. The van der Waals surface area contributed by atoms with Crippen molar-refractivity contribution < 1.29 is 17.2 Å². The number of anilines is 2. The van der Waals surface area contributed by atoms with Gasteiger partial charge in [-0.05, 0) is 29.3 Å². The van der Waals surface area contributed by atoms with Crippen LogP contribution in [-0.2, 0) is 10.2 Å². The summed E-state index contributed by atoms with van der Waals surface area (Å²) in [6.07, 6.45) is -0.286. The number of nitriles is 1. The molecule has 0 spiro atoms. The van der Waals surface area contributed by atoms with E-state index in [1.807, 2.05) is 0 Å². The fourth-order valence-corrected chi connectivity index (χ4v) is 4.71. The van der Waals surface area contributed by atoms with Crippen molar-refractivity contribution in [2.24, 2.45) is 5.92 Å². The van der Waals surface area contributed by atoms with Crippen LogP contribution in [0.15, 0.2) is 42.5 Å². The molecule has 134 valence electrons. The van der Waals surface area contributed by atoms with E-state index in [9.17, 15) is 22.5 Å². The van der Waals surface area contributed by atoms with Crippen LogP contribution in [0.5, 0.6) is 0 Å². The number of alkyl halides is 2. The number of nitrogens with zero attached hydrogens (tertiary/aromatic N) is 3. The number of hydrogen-bond donors (Lipinski definition) is 0. The minimum Gasteiger partial charge on any atom is -0.254 e. The topological polar surface area (TPSA) is 64.4 Å². The molecule has 26 heavy (non-hydrogen) atoms. The highest BCUT2D eigenvalue weighted by molar-refractivity contribution is 7.94. The minimum atomic E-state index is -3.88. The summed E-state index contributed by atoms with van der Waals surface area (Å²) < 4.78 is 54.0. The van der Waals surface area contributed by atoms with E-state index >= 15 is 0 Å². The SMILES string of the molecule is CN1c2cc(-c3ccccc3C#N)ccc2N(CC2CC2(F)F)S1(=O)=O. The second-order valence-electron chi connectivity index (χ2n) is 6.53. The maximum Gasteiger partial charge on any atom is 0.326 e. The van der Waals surface area contributed by atoms with Crippen molar-refractivity contribution >= 4 is 21.6 Å². The maximum absolute atomic E-state index is 13.3. The van der Waals surface area contributed by atoms with E-state index in [2.05, 4.69) is 6.07 Å². The zero-order valence-corrected chi connectivity index (χ0v) is 14.7. The molecular formula is C18H15F2N3O2S. The number of benzene rings is 2. The second kappa shape index (κ2) is 5.42. The predicted octanol–water partition coefficient (Wildman–Crippen LogP) is 3.38. The summed E-state index contributed by atoms with van der Waals surface area (Å²) in [5, 5.41) is 9.27. The number of halogens is 2. The highest BCUT2D eigenvalue weighted by Gasteiger charge is 2.59. The first-order chi connectivity index (χ1) is 12.3. The lowest BCUT2D eigenvalue weighted by molar-refractivity contribution is 0.101. The molecule has 1 atom stereocenters. The van der Waals surface area contributed by atoms with Crippen LogP contribution in [0.2, 0.25) is 0 Å². The number of hydrogen-bond acceptors (Lipinski definition) is 3. The molecule has 1 aliphatic carbocycles. The lowest BCUT2D eigenvalue weighted by atomic mass is 9.99. The molecule has 0 N–H and O–H groups in total. The summed E-state index contributed by atoms with van der Waals surface area (Å²) >= 11 is 0. The average Bonchev–Trinajstić information content (AvgIpc) is 3.19. The van der Waals surface area contributed by atoms with Crippen LogP contribution in [0.3, 0.4) is 0 Å². The van der Waals surface area contributed by atoms with E-state index in [1.165, 1.54) is 7.05 Å². The van der Waals surface area contributed by atoms with Crippen LogP contribution in [-0.4, -0.2) is 27.9 Å². The highest BCUT2D eigenvalue weighted by atomic mass is 32.2. The Labute approximate surface area is 150 Å². The van der Waals surface area contributed by atoms with E-state index in [1.54, 1.807) is 42.5 Å². The average molecular weight is 375 g/mol. The largest absolute Gasteiger partial charge is 0.326 e. The Morgan fingerprint density at radius 1 is 1.23 bits per heavy atom. The molecule has 2 aliphatic rings. The van der Waals surface area contributed by atoms with Gasteiger partial charge in [-0.2, -0.15) is 13.7 Å². The number of fused-ring (bicyclic) bond motifs is 1. The molecule has 2 aromatic carbocycles. The lowest BCUT2D eigenvalue weighted by Gasteiger charge is -2.18. The van der Waals surface area contributed by atoms with Gasteiger partial charge in [0.2, 0.25) is 0 Å². The molecular weight excluding hydrogens is 360 g/mol. The summed E-state index contributed by atoms with van der Waals surface area (Å²) in [7, 11) is -2.47. The lowest BCUT2D eigenvalue weighted by Crippen LogP contribution is -2.37. The molecule has 1 saturated carbocycles. The molecule has 8 heteroatoms. The van der Waals surface area contributed by atoms with E-state index in [0.717, 1.165) is 8.61 Å². The standard InChI is InChI=1S/C18H15F2N3O2S/c1-22-17-8-12(15-5-3-2-4-13(15)10-21)6-7-16(17)23(26(22,24)25)11-14-9-18(14,19)20/h2-8,14H,9,11H2,1H3. The first kappa shape index (κ1) is 16.8. The monoisotopic (exact) mass is 375 g/mol. The molecule has 0 radical (unpaired) electrons. The zero-order chi connectivity index (χ0) is 18.7. The van der Waals surface area contributed by atoms with Gasteiger partial charge in [-0.15, -0.1) is 0 Å². The van der Waals surface area contributed by atoms with Crippen LogP contribution in [0.4, 0.5) is 20.2 Å². The molecule has 0 saturated heterocycles. The van der Waals surface area contributed by atoms with Crippen LogP contribution in [0.25, 0.3) is 11.1 Å². The van der Waals surface area contributed by atoms with Crippen LogP contribution in [0.1, 0.15) is 12.0 Å². The van der Waals surface area contributed by atoms with E-state index in [0.29, 0.717) is 28.1 Å². The smallest absolute Gasteiger partial charge is 0.254 e. The fourth-order valence-electron chi connectivity index (χ4n) is 3.24. The second-order valence-corrected chi connectivity index (χ2v) is 8.41. The molecule has 2 aromatic rings. The predicted molar refractivity (Wildman–Crippen MR) is 94.3 cm³/mol. The zero-order valence-electron chi connectivity index (χ0n) is 13.9. The highest BCUT2D eigenvalue weighted by Crippen LogP contribution is 2.51. The third kappa shape index (κ3) is 2.42. The van der Waals surface area contributed by atoms with Gasteiger partial charge in [0.15, 0.2) is 0 Å². The molecule has 0 amide bonds. The van der Waals surface area contributed by atoms with Crippen molar-refractivity contribution in [1.82, 2.24) is 0 Å². The van der Waals surface area contributed by atoms with Crippen molar-refractivity contribution in [2.45, 2.75) is 12.3 Å². The third-order valence-corrected chi connectivity index (χ3v) is 6.70.